The minimum absolute atomic E-state index is 0.0383. The van der Waals surface area contributed by atoms with Crippen LogP contribution < -0.4 is 21.3 Å². The Morgan fingerprint density at radius 3 is 2.57 bits per heavy atom. The van der Waals surface area contributed by atoms with Crippen molar-refractivity contribution in [1.29, 1.82) is 0 Å². The summed E-state index contributed by atoms with van der Waals surface area (Å²) in [5.41, 5.74) is 1.18. The summed E-state index contributed by atoms with van der Waals surface area (Å²) < 4.78 is 10.2. The lowest BCUT2D eigenvalue weighted by Crippen LogP contribution is -2.48. The topological polar surface area (TPSA) is 215 Å². The molecule has 1 aliphatic heterocycles. The van der Waals surface area contributed by atoms with Crippen LogP contribution in [0.4, 0.5) is 0 Å². The van der Waals surface area contributed by atoms with Crippen LogP contribution in [0.5, 0.6) is 0 Å². The van der Waals surface area contributed by atoms with Gasteiger partial charge >= 0.3 is 0 Å². The molecule has 246 valence electrons. The van der Waals surface area contributed by atoms with Gasteiger partial charge in [-0.15, -0.1) is 11.3 Å². The van der Waals surface area contributed by atoms with Gasteiger partial charge in [-0.05, 0) is 23.6 Å². The maximum absolute atomic E-state index is 13.4. The molecule has 2 atom stereocenters. The number of hydrogen-bond donors (Lipinski definition) is 4. The molecule has 5 amide bonds. The largest absolute Gasteiger partial charge is 0.446 e. The Morgan fingerprint density at radius 1 is 1.06 bits per heavy atom. The van der Waals surface area contributed by atoms with Crippen molar-refractivity contribution < 1.29 is 33.0 Å². The van der Waals surface area contributed by atoms with E-state index >= 15 is 0 Å². The molecular weight excluding hydrogens is 630 g/mol. The van der Waals surface area contributed by atoms with Crippen molar-refractivity contribution in [2.24, 2.45) is 5.92 Å². The first-order valence-electron chi connectivity index (χ1n) is 14.8. The number of thiazole rings is 1. The molecular formula is C30H33N9O7S. The van der Waals surface area contributed by atoms with Crippen molar-refractivity contribution in [2.45, 2.75) is 39.3 Å². The highest BCUT2D eigenvalue weighted by molar-refractivity contribution is 7.09. The molecule has 4 aromatic rings. The van der Waals surface area contributed by atoms with Crippen molar-refractivity contribution >= 4 is 40.9 Å². The lowest BCUT2D eigenvalue weighted by atomic mass is 10.0. The van der Waals surface area contributed by atoms with E-state index in [-0.39, 0.29) is 54.2 Å². The number of oxazole rings is 1. The number of carbonyl (C=O) groups excluding carboxylic acids is 5. The lowest BCUT2D eigenvalue weighted by Gasteiger charge is -2.25. The maximum Gasteiger partial charge on any atom is 0.275 e. The van der Waals surface area contributed by atoms with Crippen molar-refractivity contribution in [1.82, 2.24) is 46.4 Å². The Bertz CT molecular complexity index is 1750. The quantitative estimate of drug-likeness (QED) is 0.231. The van der Waals surface area contributed by atoms with Crippen LogP contribution in [0.15, 0.2) is 51.0 Å². The van der Waals surface area contributed by atoms with Crippen LogP contribution in [0.3, 0.4) is 0 Å². The maximum atomic E-state index is 13.4. The summed E-state index contributed by atoms with van der Waals surface area (Å²) in [6.07, 6.45) is 1.51. The van der Waals surface area contributed by atoms with Gasteiger partial charge in [-0.3, -0.25) is 24.0 Å². The number of carbonyl (C=O) groups is 5. The van der Waals surface area contributed by atoms with Crippen LogP contribution >= 0.6 is 11.3 Å². The fourth-order valence-electron chi connectivity index (χ4n) is 4.75. The molecule has 4 N–H and O–H groups in total. The molecule has 47 heavy (non-hydrogen) atoms. The highest BCUT2D eigenvalue weighted by Crippen LogP contribution is 2.26. The van der Waals surface area contributed by atoms with Gasteiger partial charge in [0.1, 0.15) is 28.7 Å². The second-order valence-corrected chi connectivity index (χ2v) is 12.0. The normalized spacial score (nSPS) is 17.7. The predicted octanol–water partition coefficient (Wildman–Crippen LogP) is 1.35. The number of nitrogens with one attached hydrogen (secondary N) is 4. The van der Waals surface area contributed by atoms with E-state index in [0.29, 0.717) is 11.4 Å². The summed E-state index contributed by atoms with van der Waals surface area (Å²) in [6, 6.07) is 8.12. The van der Waals surface area contributed by atoms with E-state index in [1.54, 1.807) is 5.38 Å². The molecule has 0 radical (unpaired) electrons. The molecule has 17 heteroatoms. The zero-order chi connectivity index (χ0) is 33.5. The average Bonchev–Trinajstić information content (AvgIpc) is 3.83. The van der Waals surface area contributed by atoms with Gasteiger partial charge in [0.25, 0.3) is 17.7 Å². The first-order chi connectivity index (χ1) is 22.6. The third-order valence-electron chi connectivity index (χ3n) is 7.27. The number of nitrogens with zero attached hydrogens (tertiary/aromatic N) is 5. The van der Waals surface area contributed by atoms with Crippen LogP contribution in [0, 0.1) is 12.8 Å². The molecule has 16 nitrogen and oxygen atoms in total. The number of rotatable bonds is 6. The van der Waals surface area contributed by atoms with Crippen LogP contribution in [0.2, 0.25) is 0 Å². The molecule has 0 unspecified atom stereocenters. The van der Waals surface area contributed by atoms with Gasteiger partial charge < -0.3 is 30.6 Å². The number of benzene rings is 1. The minimum atomic E-state index is -0.726. The van der Waals surface area contributed by atoms with Crippen LogP contribution in [0.1, 0.15) is 79.6 Å². The molecule has 4 heterocycles. The van der Waals surface area contributed by atoms with E-state index in [4.69, 9.17) is 4.42 Å². The summed E-state index contributed by atoms with van der Waals surface area (Å²) in [6.45, 7) is 4.36. The molecule has 5 rings (SSSR count). The Labute approximate surface area is 272 Å². The fraction of sp³-hybridized carbons (Fsp3) is 0.367. The van der Waals surface area contributed by atoms with Gasteiger partial charge in [0.05, 0.1) is 19.1 Å². The summed E-state index contributed by atoms with van der Waals surface area (Å²) in [7, 11) is 0. The summed E-state index contributed by atoms with van der Waals surface area (Å²) in [5.74, 6) is -2.83. The van der Waals surface area contributed by atoms with E-state index in [9.17, 15) is 24.0 Å². The molecule has 0 fully saturated rings. The third-order valence-corrected chi connectivity index (χ3v) is 8.19. The smallest absolute Gasteiger partial charge is 0.275 e. The number of aryl methyl sites for hydroxylation is 1. The highest BCUT2D eigenvalue weighted by Gasteiger charge is 2.28. The first kappa shape index (κ1) is 32.9. The Hall–Kier alpha value is -5.45. The zero-order valence-corrected chi connectivity index (χ0v) is 26.6. The van der Waals surface area contributed by atoms with Gasteiger partial charge in [0, 0.05) is 24.9 Å². The molecule has 0 saturated carbocycles. The Kier molecular flexibility index (Phi) is 10.3. The molecule has 3 aromatic heterocycles. The van der Waals surface area contributed by atoms with Crippen LogP contribution in [-0.4, -0.2) is 80.9 Å². The SMILES string of the molecule is Cc1nonc1C(=O)NCC(=O)N1CCNC(=O)c2coc(n2)[C@H](Cc2ccccc2)NC(=O)c2csc(n2)[C@H](C(C)C)NC(=O)C1. The summed E-state index contributed by atoms with van der Waals surface area (Å²) in [4.78, 5) is 75.4. The Morgan fingerprint density at radius 2 is 1.85 bits per heavy atom. The molecule has 0 spiro atoms. The average molecular weight is 664 g/mol. The van der Waals surface area contributed by atoms with Gasteiger partial charge in [-0.2, -0.15) is 0 Å². The van der Waals surface area contributed by atoms with Crippen LogP contribution in [-0.2, 0) is 16.0 Å². The van der Waals surface area contributed by atoms with Crippen molar-refractivity contribution in [3.05, 3.63) is 81.2 Å². The lowest BCUT2D eigenvalue weighted by molar-refractivity contribution is -0.135. The zero-order valence-electron chi connectivity index (χ0n) is 25.8. The second-order valence-electron chi connectivity index (χ2n) is 11.1. The molecule has 0 saturated heterocycles. The van der Waals surface area contributed by atoms with Gasteiger partial charge in [-0.1, -0.05) is 49.3 Å². The molecule has 1 aliphatic rings. The third kappa shape index (κ3) is 8.23. The number of amides is 5. The second kappa shape index (κ2) is 14.8. The highest BCUT2D eigenvalue weighted by atomic mass is 32.1. The summed E-state index contributed by atoms with van der Waals surface area (Å²) in [5, 5.41) is 20.1. The minimum Gasteiger partial charge on any atom is -0.446 e. The standard InChI is InChI=1S/C30H33N9O7S/c1-16(2)24-30-35-21(15-47-30)27(43)33-19(11-18-7-5-4-6-8-18)29-34-20(14-45-29)26(42)31-9-10-39(13-22(40)36-24)23(41)12-32-28(44)25-17(3)37-46-38-25/h4-8,14-16,19,24H,9-13H2,1-3H3,(H,31,42)(H,32,44)(H,33,43)(H,36,40)/t19-,24-/m0/s1. The van der Waals surface area contributed by atoms with Crippen LogP contribution in [0.25, 0.3) is 0 Å². The number of fused-ring (bicyclic) bond motifs is 4. The van der Waals surface area contributed by atoms with E-state index in [2.05, 4.69) is 46.2 Å². The molecule has 0 aliphatic carbocycles. The predicted molar refractivity (Wildman–Crippen MR) is 165 cm³/mol. The first-order valence-corrected chi connectivity index (χ1v) is 15.6. The van der Waals surface area contributed by atoms with E-state index < -0.39 is 48.2 Å². The number of hydrogen-bond acceptors (Lipinski definition) is 12. The fourth-order valence-corrected chi connectivity index (χ4v) is 5.77. The number of aromatic nitrogens is 4. The monoisotopic (exact) mass is 663 g/mol. The van der Waals surface area contributed by atoms with Gasteiger partial charge in [0.2, 0.25) is 17.7 Å². The van der Waals surface area contributed by atoms with Gasteiger partial charge in [0.15, 0.2) is 11.4 Å². The van der Waals surface area contributed by atoms with Crippen molar-refractivity contribution in [3.8, 4) is 0 Å². The Balaban J connectivity index is 1.40. The van der Waals surface area contributed by atoms with Crippen molar-refractivity contribution in [2.75, 3.05) is 26.2 Å². The molecule has 1 aromatic carbocycles. The van der Waals surface area contributed by atoms with E-state index in [1.807, 2.05) is 44.2 Å². The summed E-state index contributed by atoms with van der Waals surface area (Å²) >= 11 is 1.22. The van der Waals surface area contributed by atoms with E-state index in [0.717, 1.165) is 5.56 Å². The van der Waals surface area contributed by atoms with Gasteiger partial charge in [-0.25, -0.2) is 14.6 Å². The van der Waals surface area contributed by atoms with Crippen molar-refractivity contribution in [3.63, 3.8) is 0 Å². The molecule has 4 bridgehead atoms. The van der Waals surface area contributed by atoms with E-state index in [1.165, 1.54) is 29.4 Å².